The van der Waals surface area contributed by atoms with Gasteiger partial charge in [-0.15, -0.1) is 0 Å². The van der Waals surface area contributed by atoms with Crippen LogP contribution in [0.2, 0.25) is 0 Å². The molecule has 0 saturated carbocycles. The number of nitrogens with zero attached hydrogens (tertiary/aromatic N) is 1. The second-order valence-corrected chi connectivity index (χ2v) is 3.21. The molecule has 0 aliphatic carbocycles. The minimum atomic E-state index is -4.34. The molecule has 0 spiro atoms. The maximum Gasteiger partial charge on any atom is 0.416 e. The van der Waals surface area contributed by atoms with Crippen LogP contribution >= 0.6 is 0 Å². The second kappa shape index (κ2) is 3.55. The molecule has 0 aliphatic rings. The van der Waals surface area contributed by atoms with E-state index in [1.54, 1.807) is 0 Å². The maximum atomic E-state index is 12.3. The van der Waals surface area contributed by atoms with Crippen molar-refractivity contribution in [3.05, 3.63) is 52.4 Å². The van der Waals surface area contributed by atoms with E-state index in [2.05, 4.69) is 5.10 Å². The average Bonchev–Trinajstić information content (AvgIpc) is 2.64. The molecule has 0 bridgehead atoms. The summed E-state index contributed by atoms with van der Waals surface area (Å²) in [4.78, 5) is 10.8. The Bertz CT molecular complexity index is 536. The molecule has 0 amide bonds. The Morgan fingerprint density at radius 2 is 1.69 bits per heavy atom. The summed E-state index contributed by atoms with van der Waals surface area (Å²) in [6.07, 6.45) is -2.90. The summed E-state index contributed by atoms with van der Waals surface area (Å²) < 4.78 is 38.1. The third kappa shape index (κ3) is 2.00. The summed E-state index contributed by atoms with van der Waals surface area (Å²) in [6.45, 7) is 0. The molecule has 0 fully saturated rings. The van der Waals surface area contributed by atoms with Gasteiger partial charge in [-0.2, -0.15) is 13.2 Å². The van der Waals surface area contributed by atoms with E-state index >= 15 is 0 Å². The standard InChI is InChI=1S/C10H7F3N2O/c11-10(12,13)7-1-3-8(4-2-7)15-6-5-9(16)14-15/h1-6H,(H,14,16). The van der Waals surface area contributed by atoms with Gasteiger partial charge in [-0.1, -0.05) is 0 Å². The predicted octanol–water partition coefficient (Wildman–Crippen LogP) is 2.18. The lowest BCUT2D eigenvalue weighted by Gasteiger charge is -2.07. The fourth-order valence-corrected chi connectivity index (χ4v) is 1.30. The lowest BCUT2D eigenvalue weighted by atomic mass is 10.2. The van der Waals surface area contributed by atoms with Gasteiger partial charge in [0, 0.05) is 12.3 Å². The van der Waals surface area contributed by atoms with Crippen molar-refractivity contribution < 1.29 is 13.2 Å². The summed E-state index contributed by atoms with van der Waals surface area (Å²) >= 11 is 0. The van der Waals surface area contributed by atoms with Crippen LogP contribution in [0.25, 0.3) is 5.69 Å². The number of aromatic nitrogens is 2. The van der Waals surface area contributed by atoms with Crippen molar-refractivity contribution in [1.29, 1.82) is 0 Å². The summed E-state index contributed by atoms with van der Waals surface area (Å²) in [7, 11) is 0. The van der Waals surface area contributed by atoms with E-state index < -0.39 is 11.7 Å². The Kier molecular flexibility index (Phi) is 2.34. The fraction of sp³-hybridized carbons (Fsp3) is 0.100. The number of hydrogen-bond donors (Lipinski definition) is 1. The van der Waals surface area contributed by atoms with Crippen molar-refractivity contribution in [2.75, 3.05) is 0 Å². The van der Waals surface area contributed by atoms with Gasteiger partial charge in [0.25, 0.3) is 5.56 Å². The lowest BCUT2D eigenvalue weighted by molar-refractivity contribution is -0.137. The Labute approximate surface area is 88.1 Å². The lowest BCUT2D eigenvalue weighted by Crippen LogP contribution is -2.06. The highest BCUT2D eigenvalue weighted by Crippen LogP contribution is 2.29. The van der Waals surface area contributed by atoms with E-state index in [1.807, 2.05) is 0 Å². The number of H-pyrrole nitrogens is 1. The van der Waals surface area contributed by atoms with E-state index in [0.717, 1.165) is 12.1 Å². The normalized spacial score (nSPS) is 11.7. The zero-order chi connectivity index (χ0) is 11.8. The van der Waals surface area contributed by atoms with Gasteiger partial charge < -0.3 is 0 Å². The monoisotopic (exact) mass is 228 g/mol. The first-order valence-corrected chi connectivity index (χ1v) is 4.42. The van der Waals surface area contributed by atoms with Crippen molar-refractivity contribution in [1.82, 2.24) is 9.78 Å². The van der Waals surface area contributed by atoms with Crippen LogP contribution in [-0.4, -0.2) is 9.78 Å². The number of halogens is 3. The highest BCUT2D eigenvalue weighted by Gasteiger charge is 2.29. The first kappa shape index (κ1) is 10.5. The predicted molar refractivity (Wildman–Crippen MR) is 51.4 cm³/mol. The Morgan fingerprint density at radius 3 is 2.12 bits per heavy atom. The van der Waals surface area contributed by atoms with Gasteiger partial charge in [-0.05, 0) is 24.3 Å². The summed E-state index contributed by atoms with van der Waals surface area (Å²) in [5.41, 5.74) is -0.555. The molecule has 2 rings (SSSR count). The minimum Gasteiger partial charge on any atom is -0.268 e. The Hall–Kier alpha value is -1.98. The summed E-state index contributed by atoms with van der Waals surface area (Å²) in [6, 6.07) is 5.80. The average molecular weight is 228 g/mol. The molecule has 0 aliphatic heterocycles. The number of alkyl halides is 3. The maximum absolute atomic E-state index is 12.3. The Morgan fingerprint density at radius 1 is 1.06 bits per heavy atom. The van der Waals surface area contributed by atoms with Gasteiger partial charge >= 0.3 is 6.18 Å². The third-order valence-corrected chi connectivity index (χ3v) is 2.08. The van der Waals surface area contributed by atoms with Crippen molar-refractivity contribution in [3.8, 4) is 5.69 Å². The van der Waals surface area contributed by atoms with Crippen LogP contribution in [0.1, 0.15) is 5.56 Å². The van der Waals surface area contributed by atoms with Gasteiger partial charge in [-0.25, -0.2) is 0 Å². The zero-order valence-electron chi connectivity index (χ0n) is 7.95. The van der Waals surface area contributed by atoms with E-state index in [-0.39, 0.29) is 5.56 Å². The molecule has 16 heavy (non-hydrogen) atoms. The van der Waals surface area contributed by atoms with E-state index in [9.17, 15) is 18.0 Å². The van der Waals surface area contributed by atoms with E-state index in [0.29, 0.717) is 5.69 Å². The van der Waals surface area contributed by atoms with Crippen LogP contribution in [0.3, 0.4) is 0 Å². The van der Waals surface area contributed by atoms with Crippen molar-refractivity contribution >= 4 is 0 Å². The molecule has 6 heteroatoms. The van der Waals surface area contributed by atoms with Crippen LogP contribution in [0, 0.1) is 0 Å². The van der Waals surface area contributed by atoms with Crippen LogP contribution < -0.4 is 5.56 Å². The highest BCUT2D eigenvalue weighted by molar-refractivity contribution is 5.34. The van der Waals surface area contributed by atoms with Crippen LogP contribution in [0.4, 0.5) is 13.2 Å². The number of benzene rings is 1. The first-order chi connectivity index (χ1) is 7.47. The van der Waals surface area contributed by atoms with Crippen LogP contribution in [0.15, 0.2) is 41.3 Å². The first-order valence-electron chi connectivity index (χ1n) is 4.42. The molecular weight excluding hydrogens is 221 g/mol. The number of aromatic amines is 1. The van der Waals surface area contributed by atoms with E-state index in [1.165, 1.54) is 29.1 Å². The Balaban J connectivity index is 2.36. The molecule has 84 valence electrons. The molecule has 1 aromatic heterocycles. The second-order valence-electron chi connectivity index (χ2n) is 3.21. The molecule has 3 nitrogen and oxygen atoms in total. The topological polar surface area (TPSA) is 37.8 Å². The SMILES string of the molecule is O=c1ccn(-c2ccc(C(F)(F)F)cc2)[nH]1. The van der Waals surface area contributed by atoms with Crippen molar-refractivity contribution in [3.63, 3.8) is 0 Å². The highest BCUT2D eigenvalue weighted by atomic mass is 19.4. The van der Waals surface area contributed by atoms with Gasteiger partial charge in [-0.3, -0.25) is 14.6 Å². The van der Waals surface area contributed by atoms with Crippen LogP contribution in [0.5, 0.6) is 0 Å². The third-order valence-electron chi connectivity index (χ3n) is 2.08. The summed E-state index contributed by atoms with van der Waals surface area (Å²) in [5.74, 6) is 0. The van der Waals surface area contributed by atoms with Gasteiger partial charge in [0.15, 0.2) is 0 Å². The molecule has 1 N–H and O–H groups in total. The van der Waals surface area contributed by atoms with Crippen molar-refractivity contribution in [2.24, 2.45) is 0 Å². The van der Waals surface area contributed by atoms with Gasteiger partial charge in [0.2, 0.25) is 0 Å². The number of rotatable bonds is 1. The van der Waals surface area contributed by atoms with Crippen molar-refractivity contribution in [2.45, 2.75) is 6.18 Å². The van der Waals surface area contributed by atoms with Gasteiger partial charge in [0.1, 0.15) is 0 Å². The zero-order valence-corrected chi connectivity index (χ0v) is 7.95. The van der Waals surface area contributed by atoms with Gasteiger partial charge in [0.05, 0.1) is 11.3 Å². The molecule has 1 aromatic carbocycles. The van der Waals surface area contributed by atoms with Crippen LogP contribution in [-0.2, 0) is 6.18 Å². The molecule has 2 aromatic rings. The van der Waals surface area contributed by atoms with E-state index in [4.69, 9.17) is 0 Å². The number of nitrogens with one attached hydrogen (secondary N) is 1. The molecule has 0 radical (unpaired) electrons. The number of hydrogen-bond acceptors (Lipinski definition) is 1. The molecular formula is C10H7F3N2O. The molecule has 1 heterocycles. The molecule has 0 saturated heterocycles. The molecule has 0 atom stereocenters. The minimum absolute atomic E-state index is 0.306. The fourth-order valence-electron chi connectivity index (χ4n) is 1.30. The smallest absolute Gasteiger partial charge is 0.268 e. The molecule has 0 unspecified atom stereocenters. The quantitative estimate of drug-likeness (QED) is 0.798. The summed E-state index contributed by atoms with van der Waals surface area (Å²) in [5, 5.41) is 2.43. The largest absolute Gasteiger partial charge is 0.416 e.